The Morgan fingerprint density at radius 1 is 1.06 bits per heavy atom. The number of nitrogens with zero attached hydrogens (tertiary/aromatic N) is 2. The topological polar surface area (TPSA) is 117 Å². The van der Waals surface area contributed by atoms with E-state index in [0.29, 0.717) is 22.0 Å². The van der Waals surface area contributed by atoms with Gasteiger partial charge in [-0.2, -0.15) is 0 Å². The first-order valence-electron chi connectivity index (χ1n) is 10.2. The summed E-state index contributed by atoms with van der Waals surface area (Å²) in [6.45, 7) is 8.67. The average Bonchev–Trinajstić information content (AvgIpc) is 2.72. The molecule has 3 rings (SSSR count). The highest BCUT2D eigenvalue weighted by Crippen LogP contribution is 2.30. The fourth-order valence-corrected chi connectivity index (χ4v) is 4.29. The molecule has 3 aromatic rings. The molecule has 0 radical (unpaired) electrons. The number of benzene rings is 2. The molecule has 33 heavy (non-hydrogen) atoms. The van der Waals surface area contributed by atoms with Gasteiger partial charge in [0.2, 0.25) is 11.8 Å². The monoisotopic (exact) mass is 485 g/mol. The molecular weight excluding hydrogens is 462 g/mol. The van der Waals surface area contributed by atoms with Crippen molar-refractivity contribution in [1.82, 2.24) is 15.2 Å². The van der Waals surface area contributed by atoms with Crippen LogP contribution in [0.3, 0.4) is 0 Å². The Morgan fingerprint density at radius 3 is 2.42 bits per heavy atom. The van der Waals surface area contributed by atoms with Crippen molar-refractivity contribution < 1.29 is 9.59 Å². The number of amides is 2. The molecule has 172 valence electrons. The summed E-state index contributed by atoms with van der Waals surface area (Å²) in [7, 11) is 0. The number of aromatic amines is 1. The predicted molar refractivity (Wildman–Crippen MR) is 132 cm³/mol. The standard InChI is InChI=1S/C23H24ClN5O3S/c1-11-9-13(3)18(25-15(5)30)16(10-11)20-22(32)27-23(29-28-20)33-14(4)21(31)26-19-12(2)7-6-8-17(19)24/h6-10,14H,1-5H3,(H,25,30)(H,26,31)(H,27,29,32). The van der Waals surface area contributed by atoms with Gasteiger partial charge in [-0.1, -0.05) is 47.1 Å². The van der Waals surface area contributed by atoms with Crippen LogP contribution in [0.15, 0.2) is 40.3 Å². The molecule has 1 heterocycles. The maximum absolute atomic E-state index is 12.8. The van der Waals surface area contributed by atoms with E-state index in [-0.39, 0.29) is 22.7 Å². The molecule has 1 aromatic heterocycles. The van der Waals surface area contributed by atoms with Gasteiger partial charge in [0.1, 0.15) is 0 Å². The number of thioether (sulfide) groups is 1. The summed E-state index contributed by atoms with van der Waals surface area (Å²) in [5.74, 6) is -0.543. The zero-order valence-electron chi connectivity index (χ0n) is 18.9. The van der Waals surface area contributed by atoms with E-state index in [2.05, 4.69) is 25.8 Å². The SMILES string of the molecule is CC(=O)Nc1c(C)cc(C)cc1-c1nnc(SC(C)C(=O)Nc2c(C)cccc2Cl)[nH]c1=O. The third-order valence-corrected chi connectivity index (χ3v) is 6.13. The number of H-pyrrole nitrogens is 1. The fourth-order valence-electron chi connectivity index (χ4n) is 3.28. The molecule has 1 atom stereocenters. The second kappa shape index (κ2) is 10.2. The Balaban J connectivity index is 1.84. The molecule has 0 saturated heterocycles. The lowest BCUT2D eigenvalue weighted by Gasteiger charge is -2.15. The van der Waals surface area contributed by atoms with Crippen LogP contribution in [0.1, 0.15) is 30.5 Å². The summed E-state index contributed by atoms with van der Waals surface area (Å²) in [5, 5.41) is 13.9. The van der Waals surface area contributed by atoms with Crippen LogP contribution in [-0.2, 0) is 9.59 Å². The van der Waals surface area contributed by atoms with Crippen molar-refractivity contribution >= 4 is 46.6 Å². The number of rotatable bonds is 6. The Hall–Kier alpha value is -3.17. The molecular formula is C23H24ClN5O3S. The summed E-state index contributed by atoms with van der Waals surface area (Å²) < 4.78 is 0. The minimum atomic E-state index is -0.576. The van der Waals surface area contributed by atoms with E-state index in [9.17, 15) is 14.4 Å². The molecule has 8 nitrogen and oxygen atoms in total. The molecule has 2 amide bonds. The van der Waals surface area contributed by atoms with Crippen LogP contribution in [0.2, 0.25) is 5.02 Å². The van der Waals surface area contributed by atoms with Crippen molar-refractivity contribution in [3.05, 3.63) is 62.4 Å². The summed E-state index contributed by atoms with van der Waals surface area (Å²) in [6, 6.07) is 9.03. The van der Waals surface area contributed by atoms with Crippen LogP contribution >= 0.6 is 23.4 Å². The first kappa shape index (κ1) is 24.5. The number of hydrogen-bond donors (Lipinski definition) is 3. The Bertz CT molecular complexity index is 1270. The maximum atomic E-state index is 12.8. The number of nitrogens with one attached hydrogen (secondary N) is 3. The van der Waals surface area contributed by atoms with E-state index in [1.807, 2.05) is 32.9 Å². The second-order valence-electron chi connectivity index (χ2n) is 7.67. The molecule has 0 fully saturated rings. The summed E-state index contributed by atoms with van der Waals surface area (Å²) in [6.07, 6.45) is 0. The van der Waals surface area contributed by atoms with E-state index < -0.39 is 10.8 Å². The molecule has 0 bridgehead atoms. The molecule has 0 aliphatic heterocycles. The van der Waals surface area contributed by atoms with Crippen molar-refractivity contribution in [2.24, 2.45) is 0 Å². The molecule has 0 spiro atoms. The Labute approximate surface area is 200 Å². The second-order valence-corrected chi connectivity index (χ2v) is 9.41. The number of para-hydroxylation sites is 1. The number of anilines is 2. The molecule has 0 saturated carbocycles. The highest BCUT2D eigenvalue weighted by molar-refractivity contribution is 8.00. The summed E-state index contributed by atoms with van der Waals surface area (Å²) in [4.78, 5) is 39.8. The quantitative estimate of drug-likeness (QED) is 0.443. The van der Waals surface area contributed by atoms with Gasteiger partial charge in [0, 0.05) is 12.5 Å². The summed E-state index contributed by atoms with van der Waals surface area (Å²) in [5.41, 5.74) is 3.71. The van der Waals surface area contributed by atoms with Crippen LogP contribution in [0.4, 0.5) is 11.4 Å². The van der Waals surface area contributed by atoms with Crippen molar-refractivity contribution in [2.75, 3.05) is 10.6 Å². The van der Waals surface area contributed by atoms with Crippen LogP contribution < -0.4 is 16.2 Å². The van der Waals surface area contributed by atoms with Crippen molar-refractivity contribution in [3.63, 3.8) is 0 Å². The molecule has 3 N–H and O–H groups in total. The molecule has 1 unspecified atom stereocenters. The van der Waals surface area contributed by atoms with E-state index in [1.54, 1.807) is 25.1 Å². The van der Waals surface area contributed by atoms with E-state index >= 15 is 0 Å². The maximum Gasteiger partial charge on any atom is 0.278 e. The third-order valence-electron chi connectivity index (χ3n) is 4.84. The Morgan fingerprint density at radius 2 is 1.79 bits per heavy atom. The van der Waals surface area contributed by atoms with Gasteiger partial charge in [-0.15, -0.1) is 10.2 Å². The highest BCUT2D eigenvalue weighted by atomic mass is 35.5. The largest absolute Gasteiger partial charge is 0.325 e. The van der Waals surface area contributed by atoms with Gasteiger partial charge in [-0.25, -0.2) is 0 Å². The molecule has 0 aliphatic carbocycles. The smallest absolute Gasteiger partial charge is 0.278 e. The normalized spacial score (nSPS) is 11.7. The number of halogens is 1. The predicted octanol–water partition coefficient (Wildman–Crippen LogP) is 4.49. The van der Waals surface area contributed by atoms with Gasteiger partial charge in [-0.3, -0.25) is 19.4 Å². The van der Waals surface area contributed by atoms with Crippen LogP contribution in [0, 0.1) is 20.8 Å². The van der Waals surface area contributed by atoms with Gasteiger partial charge in [-0.05, 0) is 51.0 Å². The first-order valence-corrected chi connectivity index (χ1v) is 11.4. The van der Waals surface area contributed by atoms with Gasteiger partial charge >= 0.3 is 0 Å². The van der Waals surface area contributed by atoms with Crippen LogP contribution in [0.5, 0.6) is 0 Å². The number of carbonyl (C=O) groups excluding carboxylic acids is 2. The summed E-state index contributed by atoms with van der Waals surface area (Å²) >= 11 is 7.25. The number of aromatic nitrogens is 3. The third kappa shape index (κ3) is 5.80. The fraction of sp³-hybridized carbons (Fsp3) is 0.261. The lowest BCUT2D eigenvalue weighted by atomic mass is 10.0. The first-order chi connectivity index (χ1) is 15.6. The van der Waals surface area contributed by atoms with Crippen LogP contribution in [0.25, 0.3) is 11.3 Å². The van der Waals surface area contributed by atoms with E-state index in [0.717, 1.165) is 28.5 Å². The zero-order chi connectivity index (χ0) is 24.3. The van der Waals surface area contributed by atoms with Crippen molar-refractivity contribution in [2.45, 2.75) is 45.0 Å². The van der Waals surface area contributed by atoms with Gasteiger partial charge in [0.15, 0.2) is 10.9 Å². The number of carbonyl (C=O) groups is 2. The minimum absolute atomic E-state index is 0.0821. The lowest BCUT2D eigenvalue weighted by Crippen LogP contribution is -2.24. The lowest BCUT2D eigenvalue weighted by molar-refractivity contribution is -0.115. The Kier molecular flexibility index (Phi) is 7.55. The number of hydrogen-bond acceptors (Lipinski definition) is 6. The zero-order valence-corrected chi connectivity index (χ0v) is 20.4. The van der Waals surface area contributed by atoms with E-state index in [1.165, 1.54) is 6.92 Å². The molecule has 10 heteroatoms. The minimum Gasteiger partial charge on any atom is -0.325 e. The van der Waals surface area contributed by atoms with Crippen molar-refractivity contribution in [1.29, 1.82) is 0 Å². The van der Waals surface area contributed by atoms with Gasteiger partial charge < -0.3 is 10.6 Å². The van der Waals surface area contributed by atoms with Crippen LogP contribution in [-0.4, -0.2) is 32.2 Å². The van der Waals surface area contributed by atoms with Gasteiger partial charge in [0.25, 0.3) is 5.56 Å². The average molecular weight is 486 g/mol. The number of aryl methyl sites for hydroxylation is 3. The molecule has 2 aromatic carbocycles. The molecule has 0 aliphatic rings. The van der Waals surface area contributed by atoms with Gasteiger partial charge in [0.05, 0.1) is 21.6 Å². The highest BCUT2D eigenvalue weighted by Gasteiger charge is 2.20. The van der Waals surface area contributed by atoms with Crippen molar-refractivity contribution in [3.8, 4) is 11.3 Å². The van der Waals surface area contributed by atoms with E-state index in [4.69, 9.17) is 11.6 Å².